The average Bonchev–Trinajstić information content (AvgIpc) is 2.71. The van der Waals surface area contributed by atoms with Crippen molar-refractivity contribution in [2.24, 2.45) is 0 Å². The molecule has 0 radical (unpaired) electrons. The van der Waals surface area contributed by atoms with Gasteiger partial charge >= 0.3 is 0 Å². The summed E-state index contributed by atoms with van der Waals surface area (Å²) in [6.07, 6.45) is 0. The SMILES string of the molecule is COc1cccc(-c2nc(Oc3cc(C)ccc3C)c3ccccc3n2)c1O. The summed E-state index contributed by atoms with van der Waals surface area (Å²) >= 11 is 0. The largest absolute Gasteiger partial charge is 0.504 e. The highest BCUT2D eigenvalue weighted by molar-refractivity contribution is 5.86. The summed E-state index contributed by atoms with van der Waals surface area (Å²) in [5.74, 6) is 1.92. The molecule has 0 aliphatic rings. The molecule has 0 aliphatic heterocycles. The first-order valence-electron chi connectivity index (χ1n) is 8.95. The Kier molecular flexibility index (Phi) is 4.57. The monoisotopic (exact) mass is 372 g/mol. The molecule has 0 amide bonds. The van der Waals surface area contributed by atoms with Gasteiger partial charge in [0.15, 0.2) is 17.3 Å². The first-order chi connectivity index (χ1) is 13.6. The van der Waals surface area contributed by atoms with Gasteiger partial charge in [-0.05, 0) is 55.3 Å². The summed E-state index contributed by atoms with van der Waals surface area (Å²) in [5.41, 5.74) is 3.33. The molecule has 4 rings (SSSR count). The third-order valence-corrected chi connectivity index (χ3v) is 4.58. The zero-order valence-electron chi connectivity index (χ0n) is 15.9. The summed E-state index contributed by atoms with van der Waals surface area (Å²) in [5, 5.41) is 11.3. The lowest BCUT2D eigenvalue weighted by atomic mass is 10.1. The summed E-state index contributed by atoms with van der Waals surface area (Å²) in [6, 6.07) is 18.9. The lowest BCUT2D eigenvalue weighted by Gasteiger charge is -2.13. The van der Waals surface area contributed by atoms with E-state index in [0.29, 0.717) is 23.0 Å². The van der Waals surface area contributed by atoms with E-state index >= 15 is 0 Å². The number of hydrogen-bond acceptors (Lipinski definition) is 5. The minimum Gasteiger partial charge on any atom is -0.504 e. The van der Waals surface area contributed by atoms with Crippen molar-refractivity contribution >= 4 is 10.9 Å². The molecule has 0 saturated carbocycles. The summed E-state index contributed by atoms with van der Waals surface area (Å²) < 4.78 is 11.4. The van der Waals surface area contributed by atoms with Gasteiger partial charge in [0.1, 0.15) is 5.75 Å². The van der Waals surface area contributed by atoms with E-state index in [2.05, 4.69) is 9.97 Å². The number of nitrogens with zero attached hydrogens (tertiary/aromatic N) is 2. The van der Waals surface area contributed by atoms with Crippen LogP contribution in [-0.2, 0) is 0 Å². The van der Waals surface area contributed by atoms with Crippen LogP contribution in [0.25, 0.3) is 22.3 Å². The number of phenols is 1. The maximum Gasteiger partial charge on any atom is 0.230 e. The van der Waals surface area contributed by atoms with E-state index in [1.54, 1.807) is 18.2 Å². The fourth-order valence-corrected chi connectivity index (χ4v) is 3.03. The van der Waals surface area contributed by atoms with Gasteiger partial charge < -0.3 is 14.6 Å². The molecular weight excluding hydrogens is 352 g/mol. The molecule has 1 heterocycles. The number of ether oxygens (including phenoxy) is 2. The highest BCUT2D eigenvalue weighted by atomic mass is 16.5. The molecule has 0 saturated heterocycles. The van der Waals surface area contributed by atoms with E-state index in [9.17, 15) is 5.11 Å². The van der Waals surface area contributed by atoms with Crippen LogP contribution in [0.2, 0.25) is 0 Å². The number of methoxy groups -OCH3 is 1. The Labute approximate surface area is 163 Å². The highest BCUT2D eigenvalue weighted by Gasteiger charge is 2.16. The van der Waals surface area contributed by atoms with Gasteiger partial charge in [0, 0.05) is 0 Å². The second kappa shape index (κ2) is 7.19. The molecule has 3 aromatic carbocycles. The normalized spacial score (nSPS) is 10.8. The van der Waals surface area contributed by atoms with Crippen molar-refractivity contribution in [3.63, 3.8) is 0 Å². The van der Waals surface area contributed by atoms with Crippen molar-refractivity contribution in [2.45, 2.75) is 13.8 Å². The van der Waals surface area contributed by atoms with Gasteiger partial charge in [-0.1, -0.05) is 30.3 Å². The zero-order chi connectivity index (χ0) is 19.7. The number of aromatic nitrogens is 2. The molecule has 4 aromatic rings. The number of aryl methyl sites for hydroxylation is 2. The predicted molar refractivity (Wildman–Crippen MR) is 109 cm³/mol. The molecule has 28 heavy (non-hydrogen) atoms. The van der Waals surface area contributed by atoms with Gasteiger partial charge in [-0.15, -0.1) is 0 Å². The smallest absolute Gasteiger partial charge is 0.230 e. The standard InChI is InChI=1S/C23H20N2O3/c1-14-11-12-15(2)20(13-14)28-23-16-7-4-5-9-18(16)24-22(25-23)17-8-6-10-19(27-3)21(17)26/h4-13,26H,1-3H3. The van der Waals surface area contributed by atoms with E-state index in [-0.39, 0.29) is 5.75 Å². The van der Waals surface area contributed by atoms with E-state index < -0.39 is 0 Å². The third-order valence-electron chi connectivity index (χ3n) is 4.58. The molecule has 1 aromatic heterocycles. The molecule has 1 N–H and O–H groups in total. The number of fused-ring (bicyclic) bond motifs is 1. The number of benzene rings is 3. The first kappa shape index (κ1) is 17.8. The van der Waals surface area contributed by atoms with Crippen LogP contribution < -0.4 is 9.47 Å². The van der Waals surface area contributed by atoms with Gasteiger partial charge in [0.05, 0.1) is 23.6 Å². The number of phenolic OH excluding ortho intramolecular Hbond substituents is 1. The van der Waals surface area contributed by atoms with Crippen LogP contribution in [0, 0.1) is 13.8 Å². The Morgan fingerprint density at radius 3 is 2.50 bits per heavy atom. The summed E-state index contributed by atoms with van der Waals surface area (Å²) in [6.45, 7) is 4.01. The molecule has 5 nitrogen and oxygen atoms in total. The Hall–Kier alpha value is -3.60. The van der Waals surface area contributed by atoms with Crippen molar-refractivity contribution in [1.29, 1.82) is 0 Å². The molecule has 140 valence electrons. The predicted octanol–water partition coefficient (Wildman–Crippen LogP) is 5.42. The molecule has 0 aliphatic carbocycles. The van der Waals surface area contributed by atoms with Crippen molar-refractivity contribution in [3.05, 3.63) is 71.8 Å². The van der Waals surface area contributed by atoms with Crippen molar-refractivity contribution in [2.75, 3.05) is 7.11 Å². The lowest BCUT2D eigenvalue weighted by Crippen LogP contribution is -1.98. The minimum absolute atomic E-state index is 0.00188. The van der Waals surface area contributed by atoms with Crippen LogP contribution >= 0.6 is 0 Å². The first-order valence-corrected chi connectivity index (χ1v) is 8.95. The maximum atomic E-state index is 10.5. The van der Waals surface area contributed by atoms with Crippen LogP contribution in [0.3, 0.4) is 0 Å². The van der Waals surface area contributed by atoms with Gasteiger partial charge in [0.2, 0.25) is 5.88 Å². The van der Waals surface area contributed by atoms with E-state index in [1.807, 2.05) is 56.3 Å². The average molecular weight is 372 g/mol. The fourth-order valence-electron chi connectivity index (χ4n) is 3.03. The van der Waals surface area contributed by atoms with Crippen LogP contribution in [0.4, 0.5) is 0 Å². The van der Waals surface area contributed by atoms with E-state index in [0.717, 1.165) is 27.8 Å². The molecular formula is C23H20N2O3. The second-order valence-corrected chi connectivity index (χ2v) is 6.60. The zero-order valence-corrected chi connectivity index (χ0v) is 15.9. The van der Waals surface area contributed by atoms with E-state index in [1.165, 1.54) is 7.11 Å². The summed E-state index contributed by atoms with van der Waals surface area (Å²) in [4.78, 5) is 9.24. The van der Waals surface area contributed by atoms with E-state index in [4.69, 9.17) is 9.47 Å². The lowest BCUT2D eigenvalue weighted by molar-refractivity contribution is 0.374. The number of para-hydroxylation sites is 2. The van der Waals surface area contributed by atoms with Crippen molar-refractivity contribution < 1.29 is 14.6 Å². The van der Waals surface area contributed by atoms with Crippen LogP contribution in [0.1, 0.15) is 11.1 Å². The quantitative estimate of drug-likeness (QED) is 0.518. The molecule has 0 spiro atoms. The maximum absolute atomic E-state index is 10.5. The second-order valence-electron chi connectivity index (χ2n) is 6.60. The van der Waals surface area contributed by atoms with Gasteiger partial charge in [-0.25, -0.2) is 4.98 Å². The molecule has 0 bridgehead atoms. The highest BCUT2D eigenvalue weighted by Crippen LogP contribution is 2.38. The number of hydrogen-bond donors (Lipinski definition) is 1. The Morgan fingerprint density at radius 2 is 1.68 bits per heavy atom. The minimum atomic E-state index is -0.00188. The third kappa shape index (κ3) is 3.22. The van der Waals surface area contributed by atoms with Crippen molar-refractivity contribution in [3.8, 4) is 34.5 Å². The molecule has 5 heteroatoms. The summed E-state index contributed by atoms with van der Waals surface area (Å²) in [7, 11) is 1.51. The van der Waals surface area contributed by atoms with Crippen LogP contribution in [0.5, 0.6) is 23.1 Å². The fraction of sp³-hybridized carbons (Fsp3) is 0.130. The van der Waals surface area contributed by atoms with Gasteiger partial charge in [-0.2, -0.15) is 4.98 Å². The Balaban J connectivity index is 1.90. The van der Waals surface area contributed by atoms with Crippen molar-refractivity contribution in [1.82, 2.24) is 9.97 Å². The van der Waals surface area contributed by atoms with Gasteiger partial charge in [-0.3, -0.25) is 0 Å². The molecule has 0 atom stereocenters. The number of aromatic hydroxyl groups is 1. The Bertz CT molecular complexity index is 1170. The van der Waals surface area contributed by atoms with Crippen LogP contribution in [0.15, 0.2) is 60.7 Å². The van der Waals surface area contributed by atoms with Gasteiger partial charge in [0.25, 0.3) is 0 Å². The topological polar surface area (TPSA) is 64.5 Å². The van der Waals surface area contributed by atoms with Crippen LogP contribution in [-0.4, -0.2) is 22.2 Å². The molecule has 0 fully saturated rings. The number of rotatable bonds is 4. The molecule has 0 unspecified atom stereocenters. The Morgan fingerprint density at radius 1 is 0.857 bits per heavy atom.